The van der Waals surface area contributed by atoms with Crippen molar-refractivity contribution in [3.8, 4) is 0 Å². The van der Waals surface area contributed by atoms with E-state index in [0.29, 0.717) is 5.11 Å². The molecule has 0 atom stereocenters. The molecule has 0 radical (unpaired) electrons. The van der Waals surface area contributed by atoms with Gasteiger partial charge in [0.05, 0.1) is 5.71 Å². The quantitative estimate of drug-likeness (QED) is 0.441. The summed E-state index contributed by atoms with van der Waals surface area (Å²) in [7, 11) is 0. The molecule has 2 rings (SSSR count). The maximum absolute atomic E-state index is 11.1. The van der Waals surface area contributed by atoms with Gasteiger partial charge in [0.25, 0.3) is 0 Å². The lowest BCUT2D eigenvalue weighted by molar-refractivity contribution is -0.114. The molecule has 0 aliphatic heterocycles. The summed E-state index contributed by atoms with van der Waals surface area (Å²) in [4.78, 5) is 11.1. The first kappa shape index (κ1) is 18.6. The summed E-state index contributed by atoms with van der Waals surface area (Å²) in [6.45, 7) is 7.48. The molecule has 0 bridgehead atoms. The van der Waals surface area contributed by atoms with E-state index in [9.17, 15) is 4.79 Å². The number of thiocarbonyl (C=S) groups is 1. The van der Waals surface area contributed by atoms with Gasteiger partial charge in [0, 0.05) is 18.3 Å². The van der Waals surface area contributed by atoms with Crippen LogP contribution >= 0.6 is 12.2 Å². The van der Waals surface area contributed by atoms with Gasteiger partial charge in [-0.25, -0.2) is 0 Å². The Balaban J connectivity index is 2.01. The molecule has 0 aliphatic carbocycles. The van der Waals surface area contributed by atoms with Crippen LogP contribution in [0.4, 0.5) is 11.4 Å². The highest BCUT2D eigenvalue weighted by atomic mass is 32.1. The largest absolute Gasteiger partial charge is 0.331 e. The molecule has 3 N–H and O–H groups in total. The number of hydrogen-bond donors (Lipinski definition) is 3. The van der Waals surface area contributed by atoms with Crippen LogP contribution in [-0.4, -0.2) is 16.7 Å². The molecular formula is C19H22N4OS. The molecule has 0 aromatic heterocycles. The molecule has 5 nitrogen and oxygen atoms in total. The lowest BCUT2D eigenvalue weighted by Crippen LogP contribution is -2.25. The van der Waals surface area contributed by atoms with E-state index >= 15 is 0 Å². The third kappa shape index (κ3) is 5.69. The Morgan fingerprint density at radius 1 is 0.960 bits per heavy atom. The molecule has 1 amide bonds. The van der Waals surface area contributed by atoms with E-state index in [0.717, 1.165) is 22.6 Å². The van der Waals surface area contributed by atoms with Gasteiger partial charge in [-0.3, -0.25) is 10.2 Å². The van der Waals surface area contributed by atoms with Gasteiger partial charge >= 0.3 is 0 Å². The highest BCUT2D eigenvalue weighted by Gasteiger charge is 2.02. The average Bonchev–Trinajstić information content (AvgIpc) is 2.55. The Morgan fingerprint density at radius 2 is 1.68 bits per heavy atom. The third-order valence-electron chi connectivity index (χ3n) is 3.69. The van der Waals surface area contributed by atoms with E-state index < -0.39 is 0 Å². The number of anilines is 2. The van der Waals surface area contributed by atoms with Gasteiger partial charge in [0.1, 0.15) is 0 Å². The van der Waals surface area contributed by atoms with Crippen LogP contribution in [0.3, 0.4) is 0 Å². The number of aryl methyl sites for hydroxylation is 2. The molecule has 2 aromatic rings. The molecule has 0 fully saturated rings. The minimum atomic E-state index is -0.108. The summed E-state index contributed by atoms with van der Waals surface area (Å²) < 4.78 is 0. The lowest BCUT2D eigenvalue weighted by atomic mass is 10.1. The minimum Gasteiger partial charge on any atom is -0.331 e. The first-order valence-electron chi connectivity index (χ1n) is 7.91. The molecule has 0 spiro atoms. The molecule has 0 unspecified atom stereocenters. The summed E-state index contributed by atoms with van der Waals surface area (Å²) in [6, 6.07) is 13.5. The van der Waals surface area contributed by atoms with Crippen molar-refractivity contribution in [2.24, 2.45) is 5.10 Å². The third-order valence-corrected chi connectivity index (χ3v) is 3.88. The monoisotopic (exact) mass is 354 g/mol. The lowest BCUT2D eigenvalue weighted by Gasteiger charge is -2.10. The van der Waals surface area contributed by atoms with E-state index in [4.69, 9.17) is 12.2 Å². The van der Waals surface area contributed by atoms with Gasteiger partial charge in [-0.05, 0) is 73.9 Å². The second-order valence-corrected chi connectivity index (χ2v) is 6.23. The van der Waals surface area contributed by atoms with E-state index in [1.165, 1.54) is 18.1 Å². The first-order chi connectivity index (χ1) is 11.8. The summed E-state index contributed by atoms with van der Waals surface area (Å²) in [5, 5.41) is 10.6. The summed E-state index contributed by atoms with van der Waals surface area (Å²) in [6.07, 6.45) is 0. The van der Waals surface area contributed by atoms with Crippen LogP contribution < -0.4 is 16.1 Å². The van der Waals surface area contributed by atoms with Crippen LogP contribution in [0.1, 0.15) is 30.5 Å². The number of amides is 1. The van der Waals surface area contributed by atoms with Crippen LogP contribution in [0, 0.1) is 13.8 Å². The average molecular weight is 354 g/mol. The van der Waals surface area contributed by atoms with Crippen LogP contribution in [0.5, 0.6) is 0 Å². The molecule has 0 aliphatic rings. The van der Waals surface area contributed by atoms with Gasteiger partial charge in [0.2, 0.25) is 5.91 Å². The predicted molar refractivity (Wildman–Crippen MR) is 108 cm³/mol. The number of benzene rings is 2. The zero-order valence-corrected chi connectivity index (χ0v) is 15.6. The molecule has 25 heavy (non-hydrogen) atoms. The van der Waals surface area contributed by atoms with Crippen molar-refractivity contribution in [1.29, 1.82) is 0 Å². The van der Waals surface area contributed by atoms with Crippen molar-refractivity contribution in [3.05, 3.63) is 59.2 Å². The van der Waals surface area contributed by atoms with Crippen molar-refractivity contribution in [2.45, 2.75) is 27.7 Å². The van der Waals surface area contributed by atoms with Crippen LogP contribution in [0.15, 0.2) is 47.6 Å². The topological polar surface area (TPSA) is 65.5 Å². The van der Waals surface area contributed by atoms with Crippen molar-refractivity contribution < 1.29 is 4.79 Å². The Hall–Kier alpha value is -2.73. The van der Waals surface area contributed by atoms with Crippen molar-refractivity contribution in [2.75, 3.05) is 10.6 Å². The predicted octanol–water partition coefficient (Wildman–Crippen LogP) is 3.97. The zero-order valence-electron chi connectivity index (χ0n) is 14.8. The Kier molecular flexibility index (Phi) is 6.25. The maximum atomic E-state index is 11.1. The molecular weight excluding hydrogens is 332 g/mol. The Bertz CT molecular complexity index is 830. The highest BCUT2D eigenvalue weighted by Crippen LogP contribution is 2.14. The van der Waals surface area contributed by atoms with E-state index in [2.05, 4.69) is 35.0 Å². The number of hydrogen-bond acceptors (Lipinski definition) is 3. The number of hydrazone groups is 1. The van der Waals surface area contributed by atoms with E-state index in [-0.39, 0.29) is 5.91 Å². The molecule has 130 valence electrons. The number of nitrogens with one attached hydrogen (secondary N) is 3. The van der Waals surface area contributed by atoms with Crippen molar-refractivity contribution >= 4 is 40.3 Å². The second kappa shape index (κ2) is 8.39. The standard InChI is InChI=1S/C19H22N4OS/c1-12-8-9-18(10-13(12)2)21-19(25)23-22-14(3)16-6-5-7-17(11-16)20-15(4)24/h5-11H,1-4H3,(H,20,24)(H2,21,23,25)/b22-14-. The fourth-order valence-electron chi connectivity index (χ4n) is 2.20. The normalized spacial score (nSPS) is 11.0. The van der Waals surface area contributed by atoms with Gasteiger partial charge < -0.3 is 10.6 Å². The number of carbonyl (C=O) groups is 1. The Labute approximate surface area is 153 Å². The van der Waals surface area contributed by atoms with Gasteiger partial charge in [-0.15, -0.1) is 0 Å². The molecule has 0 heterocycles. The fraction of sp³-hybridized carbons (Fsp3) is 0.211. The SMILES string of the molecule is CC(=O)Nc1cccc(/C(C)=N\NC(=S)Nc2ccc(C)c(C)c2)c1. The molecule has 6 heteroatoms. The number of nitrogens with zero attached hydrogens (tertiary/aromatic N) is 1. The summed E-state index contributed by atoms with van der Waals surface area (Å²) >= 11 is 5.28. The summed E-state index contributed by atoms with van der Waals surface area (Å²) in [5.41, 5.74) is 8.58. The van der Waals surface area contributed by atoms with Gasteiger partial charge in [-0.2, -0.15) is 5.10 Å². The fourth-order valence-corrected chi connectivity index (χ4v) is 2.37. The van der Waals surface area contributed by atoms with Gasteiger partial charge in [0.15, 0.2) is 5.11 Å². The first-order valence-corrected chi connectivity index (χ1v) is 8.32. The second-order valence-electron chi connectivity index (χ2n) is 5.82. The van der Waals surface area contributed by atoms with Crippen LogP contribution in [0.25, 0.3) is 0 Å². The highest BCUT2D eigenvalue weighted by molar-refractivity contribution is 7.80. The van der Waals surface area contributed by atoms with Crippen molar-refractivity contribution in [3.63, 3.8) is 0 Å². The molecule has 0 saturated carbocycles. The van der Waals surface area contributed by atoms with E-state index in [1.807, 2.05) is 49.4 Å². The Morgan fingerprint density at radius 3 is 2.36 bits per heavy atom. The van der Waals surface area contributed by atoms with Crippen LogP contribution in [0.2, 0.25) is 0 Å². The van der Waals surface area contributed by atoms with E-state index in [1.54, 1.807) is 0 Å². The maximum Gasteiger partial charge on any atom is 0.221 e. The summed E-state index contributed by atoms with van der Waals surface area (Å²) in [5.74, 6) is -0.108. The zero-order chi connectivity index (χ0) is 18.4. The van der Waals surface area contributed by atoms with Crippen LogP contribution in [-0.2, 0) is 4.79 Å². The number of rotatable bonds is 4. The molecule has 2 aromatic carbocycles. The van der Waals surface area contributed by atoms with Gasteiger partial charge in [-0.1, -0.05) is 18.2 Å². The minimum absolute atomic E-state index is 0.108. The smallest absolute Gasteiger partial charge is 0.221 e. The molecule has 0 saturated heterocycles. The number of carbonyl (C=O) groups excluding carboxylic acids is 1. The van der Waals surface area contributed by atoms with Crippen molar-refractivity contribution in [1.82, 2.24) is 5.43 Å².